The molecule has 0 aliphatic carbocycles. The molecule has 0 aromatic heterocycles. The average Bonchev–Trinajstić information content (AvgIpc) is 2.46. The second kappa shape index (κ2) is 6.53. The highest BCUT2D eigenvalue weighted by Gasteiger charge is 2.15. The number of rotatable bonds is 3. The Bertz CT molecular complexity index is 726. The van der Waals surface area contributed by atoms with Crippen molar-refractivity contribution in [1.29, 1.82) is 5.26 Å². The van der Waals surface area contributed by atoms with Crippen molar-refractivity contribution in [3.63, 3.8) is 0 Å². The molecule has 1 atom stereocenters. The molecule has 0 saturated carbocycles. The first-order valence-corrected chi connectivity index (χ1v) is 7.17. The topological polar surface area (TPSA) is 35.8 Å². The second-order valence-electron chi connectivity index (χ2n) is 4.44. The third-order valence-electron chi connectivity index (χ3n) is 3.00. The maximum Gasteiger partial charge on any atom is 0.141 e. The lowest BCUT2D eigenvalue weighted by atomic mass is 10.1. The first-order valence-electron chi connectivity index (χ1n) is 6.03. The Balaban J connectivity index is 2.28. The summed E-state index contributed by atoms with van der Waals surface area (Å²) in [5.74, 6) is -0.553. The second-order valence-corrected chi connectivity index (χ2v) is 5.60. The minimum atomic E-state index is -0.553. The van der Waals surface area contributed by atoms with Crippen molar-refractivity contribution in [2.45, 2.75) is 13.0 Å². The van der Waals surface area contributed by atoms with E-state index in [4.69, 9.17) is 40.1 Å². The van der Waals surface area contributed by atoms with Crippen LogP contribution in [0.5, 0.6) is 0 Å². The van der Waals surface area contributed by atoms with Gasteiger partial charge in [-0.15, -0.1) is 0 Å². The molecule has 0 aliphatic heterocycles. The van der Waals surface area contributed by atoms with Crippen LogP contribution in [0.2, 0.25) is 15.1 Å². The van der Waals surface area contributed by atoms with Gasteiger partial charge in [0.15, 0.2) is 0 Å². The molecule has 0 saturated heterocycles. The highest BCUT2D eigenvalue weighted by Crippen LogP contribution is 2.36. The van der Waals surface area contributed by atoms with Crippen molar-refractivity contribution < 1.29 is 4.39 Å². The molecule has 2 nitrogen and oxygen atoms in total. The number of anilines is 1. The van der Waals surface area contributed by atoms with Crippen molar-refractivity contribution in [1.82, 2.24) is 0 Å². The fraction of sp³-hybridized carbons (Fsp3) is 0.133. The molecule has 1 N–H and O–H groups in total. The van der Waals surface area contributed by atoms with Crippen LogP contribution < -0.4 is 5.32 Å². The van der Waals surface area contributed by atoms with E-state index in [0.717, 1.165) is 5.56 Å². The molecule has 0 fully saturated rings. The van der Waals surface area contributed by atoms with Gasteiger partial charge in [0, 0.05) is 5.69 Å². The van der Waals surface area contributed by atoms with E-state index in [0.29, 0.717) is 20.8 Å². The van der Waals surface area contributed by atoms with E-state index >= 15 is 0 Å². The monoisotopic (exact) mass is 342 g/mol. The molecule has 0 bridgehead atoms. The number of nitrogens with one attached hydrogen (secondary N) is 1. The predicted octanol–water partition coefficient (Wildman–Crippen LogP) is 5.83. The van der Waals surface area contributed by atoms with E-state index in [2.05, 4.69) is 5.32 Å². The minimum Gasteiger partial charge on any atom is -0.378 e. The largest absolute Gasteiger partial charge is 0.378 e. The molecule has 0 radical (unpaired) electrons. The zero-order chi connectivity index (χ0) is 15.6. The third-order valence-corrected chi connectivity index (χ3v) is 4.31. The lowest BCUT2D eigenvalue weighted by Gasteiger charge is -2.18. The molecule has 0 aliphatic rings. The molecule has 0 spiro atoms. The van der Waals surface area contributed by atoms with Gasteiger partial charge in [-0.1, -0.05) is 40.9 Å². The molecular formula is C15H10Cl3FN2. The van der Waals surface area contributed by atoms with Crippen LogP contribution in [-0.2, 0) is 0 Å². The fourth-order valence-electron chi connectivity index (χ4n) is 1.90. The molecule has 0 heterocycles. The summed E-state index contributed by atoms with van der Waals surface area (Å²) in [4.78, 5) is 0. The minimum absolute atomic E-state index is 0.0209. The maximum atomic E-state index is 13.3. The van der Waals surface area contributed by atoms with Crippen LogP contribution in [-0.4, -0.2) is 0 Å². The standard InChI is InChI=1S/C15H10Cl3FN2/c1-8(11-3-4-12(16)15(18)14(11)17)21-10-2-5-13(19)9(6-10)7-20/h2-6,8,21H,1H3. The van der Waals surface area contributed by atoms with Gasteiger partial charge in [-0.3, -0.25) is 0 Å². The van der Waals surface area contributed by atoms with Crippen LogP contribution in [0.1, 0.15) is 24.1 Å². The van der Waals surface area contributed by atoms with Crippen molar-refractivity contribution in [2.75, 3.05) is 5.32 Å². The summed E-state index contributed by atoms with van der Waals surface area (Å²) in [5, 5.41) is 13.0. The first kappa shape index (κ1) is 15.9. The molecule has 108 valence electrons. The summed E-state index contributed by atoms with van der Waals surface area (Å²) in [5.41, 5.74) is 1.35. The first-order chi connectivity index (χ1) is 9.93. The van der Waals surface area contributed by atoms with Crippen molar-refractivity contribution in [3.05, 3.63) is 62.3 Å². The van der Waals surface area contributed by atoms with E-state index in [1.165, 1.54) is 12.1 Å². The lowest BCUT2D eigenvalue weighted by Crippen LogP contribution is -2.08. The van der Waals surface area contributed by atoms with Gasteiger partial charge in [0.2, 0.25) is 0 Å². The predicted molar refractivity (Wildman–Crippen MR) is 84.6 cm³/mol. The summed E-state index contributed by atoms with van der Waals surface area (Å²) in [6.45, 7) is 1.88. The van der Waals surface area contributed by atoms with Crippen LogP contribution >= 0.6 is 34.8 Å². The highest BCUT2D eigenvalue weighted by molar-refractivity contribution is 6.48. The quantitative estimate of drug-likeness (QED) is 0.712. The summed E-state index contributed by atoms with van der Waals surface area (Å²) in [6.07, 6.45) is 0. The SMILES string of the molecule is CC(Nc1ccc(F)c(C#N)c1)c1ccc(Cl)c(Cl)c1Cl. The molecule has 2 rings (SSSR count). The average molecular weight is 344 g/mol. The fourth-order valence-corrected chi connectivity index (χ4v) is 2.61. The van der Waals surface area contributed by atoms with E-state index < -0.39 is 5.82 Å². The summed E-state index contributed by atoms with van der Waals surface area (Å²) >= 11 is 18.1. The number of benzene rings is 2. The van der Waals surface area contributed by atoms with E-state index in [1.54, 1.807) is 24.3 Å². The van der Waals surface area contributed by atoms with Gasteiger partial charge in [0.1, 0.15) is 11.9 Å². The van der Waals surface area contributed by atoms with Gasteiger partial charge >= 0.3 is 0 Å². The number of halogens is 4. The van der Waals surface area contributed by atoms with Gasteiger partial charge in [-0.25, -0.2) is 4.39 Å². The lowest BCUT2D eigenvalue weighted by molar-refractivity contribution is 0.624. The molecule has 1 unspecified atom stereocenters. The van der Waals surface area contributed by atoms with E-state index in [9.17, 15) is 4.39 Å². The van der Waals surface area contributed by atoms with E-state index in [-0.39, 0.29) is 11.6 Å². The van der Waals surface area contributed by atoms with Crippen LogP contribution in [0, 0.1) is 17.1 Å². The number of nitriles is 1. The van der Waals surface area contributed by atoms with Crippen molar-refractivity contribution in [3.8, 4) is 6.07 Å². The van der Waals surface area contributed by atoms with Crippen LogP contribution in [0.25, 0.3) is 0 Å². The Labute approximate surface area is 137 Å². The smallest absolute Gasteiger partial charge is 0.141 e. The van der Waals surface area contributed by atoms with Crippen LogP contribution in [0.15, 0.2) is 30.3 Å². The van der Waals surface area contributed by atoms with Gasteiger partial charge < -0.3 is 5.32 Å². The Hall–Kier alpha value is -1.47. The Morgan fingerprint density at radius 2 is 1.86 bits per heavy atom. The third kappa shape index (κ3) is 3.41. The number of nitrogens with zero attached hydrogens (tertiary/aromatic N) is 1. The van der Waals surface area contributed by atoms with Gasteiger partial charge in [-0.05, 0) is 36.8 Å². The van der Waals surface area contributed by atoms with Gasteiger partial charge in [0.25, 0.3) is 0 Å². The number of hydrogen-bond acceptors (Lipinski definition) is 2. The molecule has 21 heavy (non-hydrogen) atoms. The number of hydrogen-bond donors (Lipinski definition) is 1. The normalized spacial score (nSPS) is 11.8. The maximum absolute atomic E-state index is 13.3. The van der Waals surface area contributed by atoms with Crippen LogP contribution in [0.3, 0.4) is 0 Å². The van der Waals surface area contributed by atoms with Crippen molar-refractivity contribution >= 4 is 40.5 Å². The molecular weight excluding hydrogens is 334 g/mol. The Morgan fingerprint density at radius 1 is 1.14 bits per heavy atom. The molecule has 2 aromatic carbocycles. The molecule has 0 amide bonds. The Kier molecular flexibility index (Phi) is 4.95. The summed E-state index contributed by atoms with van der Waals surface area (Å²) < 4.78 is 13.3. The molecule has 6 heteroatoms. The summed E-state index contributed by atoms with van der Waals surface area (Å²) in [6, 6.07) is 9.27. The zero-order valence-electron chi connectivity index (χ0n) is 10.9. The van der Waals surface area contributed by atoms with Crippen molar-refractivity contribution in [2.24, 2.45) is 0 Å². The van der Waals surface area contributed by atoms with Crippen LogP contribution in [0.4, 0.5) is 10.1 Å². The zero-order valence-corrected chi connectivity index (χ0v) is 13.2. The van der Waals surface area contributed by atoms with E-state index in [1.807, 2.05) is 6.92 Å². The summed E-state index contributed by atoms with van der Waals surface area (Å²) in [7, 11) is 0. The van der Waals surface area contributed by atoms with Gasteiger partial charge in [0.05, 0.1) is 26.7 Å². The Morgan fingerprint density at radius 3 is 2.52 bits per heavy atom. The van der Waals surface area contributed by atoms with Gasteiger partial charge in [-0.2, -0.15) is 5.26 Å². The molecule has 2 aromatic rings. The highest BCUT2D eigenvalue weighted by atomic mass is 35.5.